The fraction of sp³-hybridized carbons (Fsp3) is 0.391. The number of carbonyl (C=O) groups is 1. The van der Waals surface area contributed by atoms with Gasteiger partial charge in [-0.2, -0.15) is 0 Å². The van der Waals surface area contributed by atoms with Crippen LogP contribution in [0.4, 0.5) is 0 Å². The predicted molar refractivity (Wildman–Crippen MR) is 116 cm³/mol. The lowest BCUT2D eigenvalue weighted by atomic mass is 9.84. The largest absolute Gasteiger partial charge is 0.349 e. The van der Waals surface area contributed by atoms with Crippen LogP contribution in [0, 0.1) is 17.8 Å². The van der Waals surface area contributed by atoms with E-state index in [9.17, 15) is 4.79 Å². The highest BCUT2D eigenvalue weighted by atomic mass is 35.5. The fourth-order valence-electron chi connectivity index (χ4n) is 5.24. The van der Waals surface area contributed by atoms with Gasteiger partial charge >= 0.3 is 0 Å². The van der Waals surface area contributed by atoms with Crippen molar-refractivity contribution in [2.75, 3.05) is 0 Å². The summed E-state index contributed by atoms with van der Waals surface area (Å²) in [6.45, 7) is 2.17. The van der Waals surface area contributed by atoms with E-state index >= 15 is 0 Å². The standard InChI is InChI=1S/C23H23ClN2OS/c1-13(17-11-14-6-7-15(17)10-14)25-23(27)18-12-20(21-8-9-22(24)28-21)26-19-5-3-2-4-16(18)19/h2-5,8-9,12-15,17H,6-7,10-11H2,1H3,(H,25,27). The van der Waals surface area contributed by atoms with E-state index in [1.807, 2.05) is 42.5 Å². The summed E-state index contributed by atoms with van der Waals surface area (Å²) in [5.74, 6) is 2.29. The molecular weight excluding hydrogens is 388 g/mol. The van der Waals surface area contributed by atoms with Crippen molar-refractivity contribution in [2.24, 2.45) is 17.8 Å². The Morgan fingerprint density at radius 3 is 2.79 bits per heavy atom. The summed E-state index contributed by atoms with van der Waals surface area (Å²) in [4.78, 5) is 19.0. The molecule has 2 fully saturated rings. The Hall–Kier alpha value is -1.91. The maximum Gasteiger partial charge on any atom is 0.252 e. The third-order valence-corrected chi connectivity index (χ3v) is 7.83. The van der Waals surface area contributed by atoms with Gasteiger partial charge in [0.1, 0.15) is 0 Å². The van der Waals surface area contributed by atoms with Crippen LogP contribution in [0.2, 0.25) is 4.34 Å². The number of hydrogen-bond acceptors (Lipinski definition) is 3. The highest BCUT2D eigenvalue weighted by Gasteiger charge is 2.42. The second-order valence-corrected chi connectivity index (χ2v) is 9.99. The summed E-state index contributed by atoms with van der Waals surface area (Å²) in [6.07, 6.45) is 5.33. The van der Waals surface area contributed by atoms with Crippen molar-refractivity contribution in [1.29, 1.82) is 0 Å². The second kappa shape index (κ2) is 7.16. The lowest BCUT2D eigenvalue weighted by Crippen LogP contribution is -2.40. The number of benzene rings is 1. The Balaban J connectivity index is 1.47. The third-order valence-electron chi connectivity index (χ3n) is 6.58. The SMILES string of the molecule is CC(NC(=O)c1cc(-c2ccc(Cl)s2)nc2ccccc12)C1CC2CCC1C2. The lowest BCUT2D eigenvalue weighted by molar-refractivity contribution is 0.0917. The minimum absolute atomic E-state index is 0.00206. The summed E-state index contributed by atoms with van der Waals surface area (Å²) < 4.78 is 0.723. The van der Waals surface area contributed by atoms with Crippen LogP contribution in [0.1, 0.15) is 43.0 Å². The number of carbonyl (C=O) groups excluding carboxylic acids is 1. The van der Waals surface area contributed by atoms with Crippen LogP contribution < -0.4 is 5.32 Å². The van der Waals surface area contributed by atoms with Crippen LogP contribution in [0.15, 0.2) is 42.5 Å². The molecule has 2 bridgehead atoms. The molecule has 2 aliphatic rings. The van der Waals surface area contributed by atoms with Gasteiger partial charge in [-0.1, -0.05) is 36.2 Å². The van der Waals surface area contributed by atoms with Gasteiger partial charge in [0, 0.05) is 11.4 Å². The monoisotopic (exact) mass is 410 g/mol. The third kappa shape index (κ3) is 3.23. The van der Waals surface area contributed by atoms with E-state index in [4.69, 9.17) is 16.6 Å². The summed E-state index contributed by atoms with van der Waals surface area (Å²) in [5.41, 5.74) is 2.33. The van der Waals surface area contributed by atoms with Crippen molar-refractivity contribution in [3.05, 3.63) is 52.4 Å². The van der Waals surface area contributed by atoms with Gasteiger partial charge in [-0.3, -0.25) is 4.79 Å². The molecule has 28 heavy (non-hydrogen) atoms. The van der Waals surface area contributed by atoms with Gasteiger partial charge in [-0.25, -0.2) is 4.98 Å². The van der Waals surface area contributed by atoms with Gasteiger partial charge in [0.2, 0.25) is 0 Å². The Labute approximate surface area is 174 Å². The van der Waals surface area contributed by atoms with E-state index in [1.54, 1.807) is 0 Å². The van der Waals surface area contributed by atoms with Gasteiger partial charge in [-0.05, 0) is 68.2 Å². The number of nitrogens with one attached hydrogen (secondary N) is 1. The number of hydrogen-bond donors (Lipinski definition) is 1. The van der Waals surface area contributed by atoms with Gasteiger partial charge in [0.05, 0.1) is 26.0 Å². The first-order valence-corrected chi connectivity index (χ1v) is 11.2. The van der Waals surface area contributed by atoms with E-state index in [-0.39, 0.29) is 11.9 Å². The topological polar surface area (TPSA) is 42.0 Å². The van der Waals surface area contributed by atoms with Crippen molar-refractivity contribution in [2.45, 2.75) is 38.6 Å². The molecule has 1 N–H and O–H groups in total. The number of halogens is 1. The first-order chi connectivity index (χ1) is 13.6. The summed E-state index contributed by atoms with van der Waals surface area (Å²) in [6, 6.07) is 13.8. The maximum absolute atomic E-state index is 13.3. The van der Waals surface area contributed by atoms with Crippen LogP contribution in [-0.2, 0) is 0 Å². The van der Waals surface area contributed by atoms with Crippen molar-refractivity contribution in [3.8, 4) is 10.6 Å². The normalized spacial score (nSPS) is 24.6. The Kier molecular flexibility index (Phi) is 4.64. The molecule has 5 heteroatoms. The molecule has 2 aliphatic carbocycles. The second-order valence-electron chi connectivity index (χ2n) is 8.28. The molecule has 1 aromatic carbocycles. The number of nitrogens with zero attached hydrogens (tertiary/aromatic N) is 1. The van der Waals surface area contributed by atoms with Crippen LogP contribution >= 0.6 is 22.9 Å². The van der Waals surface area contributed by atoms with E-state index < -0.39 is 0 Å². The molecular formula is C23H23ClN2OS. The Morgan fingerprint density at radius 2 is 2.07 bits per heavy atom. The zero-order valence-electron chi connectivity index (χ0n) is 15.8. The van der Waals surface area contributed by atoms with Crippen molar-refractivity contribution >= 4 is 39.7 Å². The van der Waals surface area contributed by atoms with E-state index in [0.717, 1.165) is 37.6 Å². The van der Waals surface area contributed by atoms with Gasteiger partial charge < -0.3 is 5.32 Å². The van der Waals surface area contributed by atoms with Gasteiger partial charge in [0.25, 0.3) is 5.91 Å². The molecule has 1 amide bonds. The zero-order valence-corrected chi connectivity index (χ0v) is 17.4. The molecule has 0 saturated heterocycles. The van der Waals surface area contributed by atoms with E-state index in [1.165, 1.54) is 37.0 Å². The Morgan fingerprint density at radius 1 is 1.21 bits per heavy atom. The molecule has 144 valence electrons. The molecule has 3 nitrogen and oxygen atoms in total. The molecule has 4 atom stereocenters. The first-order valence-electron chi connectivity index (χ1n) is 10.0. The zero-order chi connectivity index (χ0) is 19.3. The number of aromatic nitrogens is 1. The molecule has 2 saturated carbocycles. The minimum atomic E-state index is -0.00206. The van der Waals surface area contributed by atoms with Crippen molar-refractivity contribution in [3.63, 3.8) is 0 Å². The van der Waals surface area contributed by atoms with Crippen LogP contribution in [0.25, 0.3) is 21.5 Å². The van der Waals surface area contributed by atoms with Gasteiger partial charge in [-0.15, -0.1) is 11.3 Å². The fourth-order valence-corrected chi connectivity index (χ4v) is 6.24. The molecule has 0 spiro atoms. The van der Waals surface area contributed by atoms with Gasteiger partial charge in [0.15, 0.2) is 0 Å². The molecule has 5 rings (SSSR count). The summed E-state index contributed by atoms with van der Waals surface area (Å²) in [7, 11) is 0. The highest BCUT2D eigenvalue weighted by molar-refractivity contribution is 7.19. The molecule has 4 unspecified atom stereocenters. The van der Waals surface area contributed by atoms with Crippen LogP contribution in [0.3, 0.4) is 0 Å². The van der Waals surface area contributed by atoms with Crippen molar-refractivity contribution in [1.82, 2.24) is 10.3 Å². The smallest absolute Gasteiger partial charge is 0.252 e. The number of rotatable bonds is 4. The average Bonchev–Trinajstić information content (AvgIpc) is 3.44. The first kappa shape index (κ1) is 18.1. The highest BCUT2D eigenvalue weighted by Crippen LogP contribution is 2.49. The summed E-state index contributed by atoms with van der Waals surface area (Å²) in [5, 5.41) is 4.20. The number of thiophene rings is 1. The molecule has 0 aliphatic heterocycles. The number of pyridine rings is 1. The van der Waals surface area contributed by atoms with Crippen molar-refractivity contribution < 1.29 is 4.79 Å². The number of para-hydroxylation sites is 1. The predicted octanol–water partition coefficient (Wildman–Crippen LogP) is 6.17. The average molecular weight is 411 g/mol. The van der Waals surface area contributed by atoms with E-state index in [2.05, 4.69) is 12.2 Å². The molecule has 3 aromatic rings. The Bertz CT molecular complexity index is 1050. The number of amides is 1. The summed E-state index contributed by atoms with van der Waals surface area (Å²) >= 11 is 7.60. The van der Waals surface area contributed by atoms with Crippen LogP contribution in [0.5, 0.6) is 0 Å². The quantitative estimate of drug-likeness (QED) is 0.558. The minimum Gasteiger partial charge on any atom is -0.349 e. The van der Waals surface area contributed by atoms with Crippen LogP contribution in [-0.4, -0.2) is 16.9 Å². The molecule has 2 heterocycles. The number of fused-ring (bicyclic) bond motifs is 3. The lowest BCUT2D eigenvalue weighted by Gasteiger charge is -2.28. The molecule has 0 radical (unpaired) electrons. The molecule has 2 aromatic heterocycles. The maximum atomic E-state index is 13.3. The van der Waals surface area contributed by atoms with E-state index in [0.29, 0.717) is 11.5 Å².